The number of amides is 1. The first-order valence-electron chi connectivity index (χ1n) is 6.80. The Morgan fingerprint density at radius 1 is 1.45 bits per heavy atom. The van der Waals surface area contributed by atoms with Crippen LogP contribution in [0.25, 0.3) is 0 Å². The summed E-state index contributed by atoms with van der Waals surface area (Å²) < 4.78 is 0. The number of hydrogen-bond donors (Lipinski definition) is 2. The van der Waals surface area contributed by atoms with Crippen LogP contribution >= 0.6 is 0 Å². The van der Waals surface area contributed by atoms with Crippen LogP contribution in [0.4, 0.5) is 5.69 Å². The van der Waals surface area contributed by atoms with E-state index in [1.807, 2.05) is 0 Å². The number of carbonyl (C=O) groups excluding carboxylic acids is 1. The fraction of sp³-hybridized carbons (Fsp3) is 0.333. The van der Waals surface area contributed by atoms with Gasteiger partial charge in [-0.2, -0.15) is 0 Å². The van der Waals surface area contributed by atoms with Gasteiger partial charge in [-0.15, -0.1) is 6.58 Å². The molecule has 0 aromatic heterocycles. The third kappa shape index (κ3) is 5.74. The molecule has 1 atom stereocenters. The Hall–Kier alpha value is -2.70. The lowest BCUT2D eigenvalue weighted by atomic mass is 10.1. The van der Waals surface area contributed by atoms with Crippen molar-refractivity contribution in [3.05, 3.63) is 52.6 Å². The average Bonchev–Trinajstić information content (AvgIpc) is 2.49. The summed E-state index contributed by atoms with van der Waals surface area (Å²) in [5.41, 5.74) is 0.620. The highest BCUT2D eigenvalue weighted by Crippen LogP contribution is 2.14. The van der Waals surface area contributed by atoms with Gasteiger partial charge in [-0.25, -0.2) is 4.79 Å². The van der Waals surface area contributed by atoms with Gasteiger partial charge in [0.2, 0.25) is 5.91 Å². The maximum absolute atomic E-state index is 11.8. The van der Waals surface area contributed by atoms with E-state index in [0.29, 0.717) is 18.4 Å². The normalized spacial score (nSPS) is 11.5. The van der Waals surface area contributed by atoms with Gasteiger partial charge in [-0.1, -0.05) is 18.2 Å². The topological polar surface area (TPSA) is 110 Å². The lowest BCUT2D eigenvalue weighted by molar-refractivity contribution is -0.384. The van der Waals surface area contributed by atoms with Gasteiger partial charge in [-0.3, -0.25) is 14.9 Å². The largest absolute Gasteiger partial charge is 0.480 e. The van der Waals surface area contributed by atoms with E-state index in [9.17, 15) is 19.7 Å². The Kier molecular flexibility index (Phi) is 6.75. The van der Waals surface area contributed by atoms with Crippen LogP contribution in [0.5, 0.6) is 0 Å². The van der Waals surface area contributed by atoms with Gasteiger partial charge in [0.15, 0.2) is 0 Å². The monoisotopic (exact) mass is 306 g/mol. The van der Waals surface area contributed by atoms with Gasteiger partial charge < -0.3 is 10.4 Å². The predicted molar refractivity (Wildman–Crippen MR) is 80.4 cm³/mol. The predicted octanol–water partition coefficient (Wildman–Crippen LogP) is 2.06. The molecule has 7 heteroatoms. The molecule has 0 fully saturated rings. The maximum Gasteiger partial charge on any atom is 0.326 e. The van der Waals surface area contributed by atoms with Crippen molar-refractivity contribution in [2.75, 3.05) is 0 Å². The number of nitro benzene ring substituents is 1. The summed E-state index contributed by atoms with van der Waals surface area (Å²) in [6.07, 6.45) is 2.73. The number of non-ortho nitro benzene ring substituents is 1. The van der Waals surface area contributed by atoms with Crippen molar-refractivity contribution in [2.45, 2.75) is 31.7 Å². The number of aryl methyl sites for hydroxylation is 1. The van der Waals surface area contributed by atoms with Crippen LogP contribution in [0.1, 0.15) is 24.8 Å². The summed E-state index contributed by atoms with van der Waals surface area (Å²) in [6.45, 7) is 3.51. The first-order valence-corrected chi connectivity index (χ1v) is 6.80. The molecule has 0 saturated carbocycles. The molecule has 1 aromatic rings. The molecule has 0 spiro atoms. The Morgan fingerprint density at radius 2 is 2.18 bits per heavy atom. The molecule has 0 radical (unpaired) electrons. The molecule has 7 nitrogen and oxygen atoms in total. The van der Waals surface area contributed by atoms with Crippen molar-refractivity contribution in [1.29, 1.82) is 0 Å². The Bertz CT molecular complexity index is 571. The van der Waals surface area contributed by atoms with Gasteiger partial charge in [0.1, 0.15) is 6.04 Å². The molecule has 0 heterocycles. The smallest absolute Gasteiger partial charge is 0.326 e. The van der Waals surface area contributed by atoms with E-state index in [-0.39, 0.29) is 18.5 Å². The summed E-state index contributed by atoms with van der Waals surface area (Å²) in [5.74, 6) is -1.49. The highest BCUT2D eigenvalue weighted by atomic mass is 16.6. The second-order valence-electron chi connectivity index (χ2n) is 4.75. The van der Waals surface area contributed by atoms with Gasteiger partial charge in [-0.05, 0) is 24.8 Å². The number of aliphatic carboxylic acids is 1. The first kappa shape index (κ1) is 17.4. The molecule has 22 heavy (non-hydrogen) atoms. The minimum absolute atomic E-state index is 0.0349. The summed E-state index contributed by atoms with van der Waals surface area (Å²) in [7, 11) is 0. The number of benzene rings is 1. The fourth-order valence-electron chi connectivity index (χ4n) is 1.89. The van der Waals surface area contributed by atoms with Crippen molar-refractivity contribution in [3.8, 4) is 0 Å². The molecule has 0 aliphatic carbocycles. The fourth-order valence-corrected chi connectivity index (χ4v) is 1.89. The molecule has 2 N–H and O–H groups in total. The molecule has 1 rings (SSSR count). The minimum atomic E-state index is -1.09. The van der Waals surface area contributed by atoms with Crippen LogP contribution in [0.15, 0.2) is 36.9 Å². The van der Waals surface area contributed by atoms with Crippen molar-refractivity contribution >= 4 is 17.6 Å². The molecule has 0 saturated heterocycles. The number of rotatable bonds is 9. The number of carbonyl (C=O) groups is 2. The highest BCUT2D eigenvalue weighted by molar-refractivity contribution is 5.83. The van der Waals surface area contributed by atoms with Crippen molar-refractivity contribution in [2.24, 2.45) is 0 Å². The number of hydrogen-bond acceptors (Lipinski definition) is 4. The Balaban J connectivity index is 2.54. The van der Waals surface area contributed by atoms with Crippen LogP contribution in [0.2, 0.25) is 0 Å². The van der Waals surface area contributed by atoms with E-state index in [2.05, 4.69) is 11.9 Å². The number of nitrogens with zero attached hydrogens (tertiary/aromatic N) is 1. The van der Waals surface area contributed by atoms with E-state index >= 15 is 0 Å². The van der Waals surface area contributed by atoms with Crippen LogP contribution in [0, 0.1) is 10.1 Å². The second-order valence-corrected chi connectivity index (χ2v) is 4.75. The zero-order chi connectivity index (χ0) is 16.5. The lowest BCUT2D eigenvalue weighted by Gasteiger charge is -2.13. The summed E-state index contributed by atoms with van der Waals surface area (Å²) in [5, 5.41) is 22.1. The van der Waals surface area contributed by atoms with Crippen molar-refractivity contribution in [1.82, 2.24) is 5.32 Å². The van der Waals surface area contributed by atoms with E-state index in [1.54, 1.807) is 18.2 Å². The van der Waals surface area contributed by atoms with Crippen LogP contribution < -0.4 is 5.32 Å². The number of carboxylic acids is 1. The Labute approximate surface area is 127 Å². The highest BCUT2D eigenvalue weighted by Gasteiger charge is 2.18. The molecule has 0 aliphatic rings. The second kappa shape index (κ2) is 8.56. The average molecular weight is 306 g/mol. The van der Waals surface area contributed by atoms with Crippen LogP contribution in [0.3, 0.4) is 0 Å². The number of allylic oxidation sites excluding steroid dienone is 1. The maximum atomic E-state index is 11.8. The molecular formula is C15H18N2O5. The molecule has 0 bridgehead atoms. The van der Waals surface area contributed by atoms with E-state index in [1.165, 1.54) is 12.1 Å². The van der Waals surface area contributed by atoms with Gasteiger partial charge in [0.05, 0.1) is 4.92 Å². The van der Waals surface area contributed by atoms with E-state index in [0.717, 1.165) is 0 Å². The van der Waals surface area contributed by atoms with Crippen LogP contribution in [-0.4, -0.2) is 27.9 Å². The zero-order valence-corrected chi connectivity index (χ0v) is 12.0. The molecule has 0 aliphatic heterocycles. The summed E-state index contributed by atoms with van der Waals surface area (Å²) in [6, 6.07) is 5.07. The summed E-state index contributed by atoms with van der Waals surface area (Å²) in [4.78, 5) is 33.0. The SMILES string of the molecule is C=CCCC(NC(=O)CCc1cccc([N+](=O)[O-])c1)C(=O)O. The molecule has 1 unspecified atom stereocenters. The zero-order valence-electron chi connectivity index (χ0n) is 12.0. The van der Waals surface area contributed by atoms with Crippen molar-refractivity contribution < 1.29 is 19.6 Å². The lowest BCUT2D eigenvalue weighted by Crippen LogP contribution is -2.40. The number of carboxylic acid groups (broad SMARTS) is 1. The van der Waals surface area contributed by atoms with Gasteiger partial charge >= 0.3 is 5.97 Å². The standard InChI is InChI=1S/C15H18N2O5/c1-2-3-7-13(15(19)20)16-14(18)9-8-11-5-4-6-12(10-11)17(21)22/h2,4-6,10,13H,1,3,7-9H2,(H,16,18)(H,19,20). The van der Waals surface area contributed by atoms with Gasteiger partial charge in [0, 0.05) is 18.6 Å². The minimum Gasteiger partial charge on any atom is -0.480 e. The van der Waals surface area contributed by atoms with E-state index < -0.39 is 22.8 Å². The first-order chi connectivity index (χ1) is 10.4. The van der Waals surface area contributed by atoms with Crippen LogP contribution in [-0.2, 0) is 16.0 Å². The Morgan fingerprint density at radius 3 is 2.77 bits per heavy atom. The van der Waals surface area contributed by atoms with E-state index in [4.69, 9.17) is 5.11 Å². The molecule has 118 valence electrons. The molecule has 1 amide bonds. The number of nitrogens with one attached hydrogen (secondary N) is 1. The third-order valence-corrected chi connectivity index (χ3v) is 3.05. The molecular weight excluding hydrogens is 288 g/mol. The third-order valence-electron chi connectivity index (χ3n) is 3.05. The quantitative estimate of drug-likeness (QED) is 0.412. The van der Waals surface area contributed by atoms with Crippen molar-refractivity contribution in [3.63, 3.8) is 0 Å². The molecule has 1 aromatic carbocycles. The number of nitro groups is 1. The van der Waals surface area contributed by atoms with Gasteiger partial charge in [0.25, 0.3) is 5.69 Å². The summed E-state index contributed by atoms with van der Waals surface area (Å²) >= 11 is 0.